The van der Waals surface area contributed by atoms with Gasteiger partial charge in [-0.05, 0) is 58.0 Å². The summed E-state index contributed by atoms with van der Waals surface area (Å²) >= 11 is 1.42. The van der Waals surface area contributed by atoms with Gasteiger partial charge in [0.05, 0.1) is 7.11 Å². The van der Waals surface area contributed by atoms with Gasteiger partial charge in [0.1, 0.15) is 16.4 Å². The van der Waals surface area contributed by atoms with E-state index in [9.17, 15) is 9.50 Å². The van der Waals surface area contributed by atoms with Gasteiger partial charge in [0.2, 0.25) is 0 Å². The lowest BCUT2D eigenvalue weighted by Crippen LogP contribution is -2.40. The number of alkyl halides is 1. The number of methoxy groups -OCH3 is 1. The Balaban J connectivity index is 2.48. The van der Waals surface area contributed by atoms with Gasteiger partial charge in [-0.2, -0.15) is 0 Å². The second kappa shape index (κ2) is 8.46. The number of aliphatic hydroxyl groups is 1. The molecule has 4 nitrogen and oxygen atoms in total. The minimum Gasteiger partial charge on any atom is -0.496 e. The second-order valence-electron chi connectivity index (χ2n) is 7.28. The van der Waals surface area contributed by atoms with Gasteiger partial charge in [-0.25, -0.2) is 9.37 Å². The van der Waals surface area contributed by atoms with Gasteiger partial charge in [0, 0.05) is 23.7 Å². The number of benzene rings is 1. The van der Waals surface area contributed by atoms with Crippen LogP contribution in [-0.4, -0.2) is 47.9 Å². The Morgan fingerprint density at radius 2 is 2.08 bits per heavy atom. The van der Waals surface area contributed by atoms with E-state index in [4.69, 9.17) is 4.74 Å². The molecule has 1 N–H and O–H groups in total. The molecule has 0 radical (unpaired) electrons. The average molecular weight is 381 g/mol. The lowest BCUT2D eigenvalue weighted by atomic mass is 9.89. The Kier molecular flexibility index (Phi) is 6.77. The molecular weight excluding hydrogens is 351 g/mol. The van der Waals surface area contributed by atoms with E-state index in [2.05, 4.69) is 4.98 Å². The molecule has 0 aliphatic rings. The number of hydrogen-bond donors (Lipinski definition) is 1. The molecule has 0 aliphatic carbocycles. The van der Waals surface area contributed by atoms with Crippen LogP contribution in [0.3, 0.4) is 0 Å². The van der Waals surface area contributed by atoms with Crippen molar-refractivity contribution in [2.24, 2.45) is 0 Å². The van der Waals surface area contributed by atoms with Gasteiger partial charge in [0.15, 0.2) is 5.60 Å². The summed E-state index contributed by atoms with van der Waals surface area (Å²) in [4.78, 5) is 6.41. The van der Waals surface area contributed by atoms with Crippen LogP contribution < -0.4 is 4.74 Å². The van der Waals surface area contributed by atoms with Crippen LogP contribution in [0.15, 0.2) is 29.8 Å². The third-order valence-corrected chi connectivity index (χ3v) is 5.47. The third kappa shape index (κ3) is 5.02. The van der Waals surface area contributed by atoms with E-state index < -0.39 is 11.3 Å². The van der Waals surface area contributed by atoms with Crippen LogP contribution in [0.2, 0.25) is 0 Å². The number of ether oxygens (including phenoxy) is 1. The van der Waals surface area contributed by atoms with E-state index in [-0.39, 0.29) is 0 Å². The molecule has 1 aromatic heterocycles. The van der Waals surface area contributed by atoms with Gasteiger partial charge in [0.25, 0.3) is 0 Å². The maximum atomic E-state index is 13.9. The summed E-state index contributed by atoms with van der Waals surface area (Å²) in [6.45, 7) is 6.40. The Bertz CT molecular complexity index is 700. The highest BCUT2D eigenvalue weighted by Crippen LogP contribution is 2.38. The standard InChI is InChI=1S/C20H29FN2O2S/c1-6-23(4)14-20(24,18-22-11-12-26-18)16-13-15(7-8-17(16)25-5)9-10-19(2,3)21/h7-8,11-13,24H,6,9-10,14H2,1-5H3. The molecule has 1 unspecified atom stereocenters. The Hall–Kier alpha value is -1.50. The van der Waals surface area contributed by atoms with Crippen molar-refractivity contribution in [1.29, 1.82) is 0 Å². The predicted octanol–water partition coefficient (Wildman–Crippen LogP) is 4.02. The Morgan fingerprint density at radius 1 is 1.35 bits per heavy atom. The Labute approximate surface area is 159 Å². The highest BCUT2D eigenvalue weighted by Gasteiger charge is 2.38. The van der Waals surface area contributed by atoms with Crippen molar-refractivity contribution in [2.45, 2.75) is 44.9 Å². The zero-order chi connectivity index (χ0) is 19.4. The maximum absolute atomic E-state index is 13.9. The van der Waals surface area contributed by atoms with E-state index in [1.807, 2.05) is 42.5 Å². The normalized spacial score (nSPS) is 14.5. The van der Waals surface area contributed by atoms with Crippen molar-refractivity contribution in [3.8, 4) is 5.75 Å². The molecule has 26 heavy (non-hydrogen) atoms. The third-order valence-electron chi connectivity index (χ3n) is 4.54. The number of nitrogens with zero attached hydrogens (tertiary/aromatic N) is 2. The molecule has 144 valence electrons. The van der Waals surface area contributed by atoms with Crippen molar-refractivity contribution < 1.29 is 14.2 Å². The van der Waals surface area contributed by atoms with Crippen LogP contribution >= 0.6 is 11.3 Å². The number of aromatic nitrogens is 1. The fraction of sp³-hybridized carbons (Fsp3) is 0.550. The molecule has 2 aromatic rings. The molecule has 0 aliphatic heterocycles. The van der Waals surface area contributed by atoms with Crippen LogP contribution in [0, 0.1) is 0 Å². The van der Waals surface area contributed by atoms with Crippen LogP contribution in [0.4, 0.5) is 4.39 Å². The molecule has 1 atom stereocenters. The molecule has 0 saturated carbocycles. The summed E-state index contributed by atoms with van der Waals surface area (Å²) in [5.74, 6) is 0.607. The molecule has 0 spiro atoms. The van der Waals surface area contributed by atoms with Gasteiger partial charge in [-0.15, -0.1) is 11.3 Å². The van der Waals surface area contributed by atoms with Crippen LogP contribution in [0.5, 0.6) is 5.75 Å². The first kappa shape index (κ1) is 20.8. The van der Waals surface area contributed by atoms with E-state index in [0.717, 1.165) is 12.1 Å². The van der Waals surface area contributed by atoms with E-state index >= 15 is 0 Å². The lowest BCUT2D eigenvalue weighted by Gasteiger charge is -2.32. The van der Waals surface area contributed by atoms with E-state index in [1.54, 1.807) is 27.2 Å². The smallest absolute Gasteiger partial charge is 0.157 e. The number of thiazole rings is 1. The van der Waals surface area contributed by atoms with Gasteiger partial charge in [-0.1, -0.05) is 13.0 Å². The number of aryl methyl sites for hydroxylation is 1. The summed E-state index contributed by atoms with van der Waals surface area (Å²) in [6, 6.07) is 5.70. The molecule has 1 aromatic carbocycles. The summed E-state index contributed by atoms with van der Waals surface area (Å²) < 4.78 is 19.4. The minimum atomic E-state index is -1.29. The zero-order valence-corrected chi connectivity index (χ0v) is 17.1. The molecule has 6 heteroatoms. The molecule has 0 saturated heterocycles. The summed E-state index contributed by atoms with van der Waals surface area (Å²) in [6.07, 6.45) is 2.71. The molecule has 0 bridgehead atoms. The number of hydrogen-bond acceptors (Lipinski definition) is 5. The van der Waals surface area contributed by atoms with Crippen molar-refractivity contribution in [3.05, 3.63) is 45.9 Å². The molecule has 0 amide bonds. The van der Waals surface area contributed by atoms with Crippen LogP contribution in [0.25, 0.3) is 0 Å². The number of likely N-dealkylation sites (N-methyl/N-ethyl adjacent to an activating group) is 1. The Morgan fingerprint density at radius 3 is 2.62 bits per heavy atom. The minimum absolute atomic E-state index is 0.394. The van der Waals surface area contributed by atoms with E-state index in [1.165, 1.54) is 11.3 Å². The fourth-order valence-electron chi connectivity index (χ4n) is 2.87. The summed E-state index contributed by atoms with van der Waals surface area (Å²) in [5.41, 5.74) is -0.871. The van der Waals surface area contributed by atoms with E-state index in [0.29, 0.717) is 35.7 Å². The van der Waals surface area contributed by atoms with Crippen molar-refractivity contribution in [3.63, 3.8) is 0 Å². The molecular formula is C20H29FN2O2S. The highest BCUT2D eigenvalue weighted by atomic mass is 32.1. The second-order valence-corrected chi connectivity index (χ2v) is 8.18. The number of rotatable bonds is 9. The lowest BCUT2D eigenvalue weighted by molar-refractivity contribution is 0.0430. The first-order valence-corrected chi connectivity index (χ1v) is 9.75. The van der Waals surface area contributed by atoms with Crippen molar-refractivity contribution >= 4 is 11.3 Å². The maximum Gasteiger partial charge on any atom is 0.157 e. The first-order chi connectivity index (χ1) is 12.2. The van der Waals surface area contributed by atoms with Gasteiger partial charge < -0.3 is 14.7 Å². The summed E-state index contributed by atoms with van der Waals surface area (Å²) in [7, 11) is 3.55. The zero-order valence-electron chi connectivity index (χ0n) is 16.3. The number of halogens is 1. The predicted molar refractivity (Wildman–Crippen MR) is 105 cm³/mol. The quantitative estimate of drug-likeness (QED) is 0.714. The van der Waals surface area contributed by atoms with Crippen molar-refractivity contribution in [1.82, 2.24) is 9.88 Å². The van der Waals surface area contributed by atoms with Crippen LogP contribution in [-0.2, 0) is 12.0 Å². The monoisotopic (exact) mass is 380 g/mol. The van der Waals surface area contributed by atoms with Gasteiger partial charge >= 0.3 is 0 Å². The molecule has 2 rings (SSSR count). The fourth-order valence-corrected chi connectivity index (χ4v) is 3.62. The topological polar surface area (TPSA) is 45.6 Å². The van der Waals surface area contributed by atoms with Crippen molar-refractivity contribution in [2.75, 3.05) is 27.2 Å². The average Bonchev–Trinajstić information content (AvgIpc) is 3.14. The summed E-state index contributed by atoms with van der Waals surface area (Å²) in [5, 5.41) is 14.1. The highest BCUT2D eigenvalue weighted by molar-refractivity contribution is 7.09. The van der Waals surface area contributed by atoms with Crippen LogP contribution in [0.1, 0.15) is 43.3 Å². The molecule has 1 heterocycles. The SMILES string of the molecule is CCN(C)CC(O)(c1nccs1)c1cc(CCC(C)(C)F)ccc1OC. The first-order valence-electron chi connectivity index (χ1n) is 8.87. The van der Waals surface area contributed by atoms with Gasteiger partial charge in [-0.3, -0.25) is 0 Å². The largest absolute Gasteiger partial charge is 0.496 e. The molecule has 0 fully saturated rings.